The molecule has 1 aromatic carbocycles. The van der Waals surface area contributed by atoms with Gasteiger partial charge in [0, 0.05) is 12.1 Å². The molecule has 0 saturated carbocycles. The minimum absolute atomic E-state index is 0.588. The number of phenols is 1. The lowest BCUT2D eigenvalue weighted by Crippen LogP contribution is -1.90. The highest BCUT2D eigenvalue weighted by atomic mass is 19.1. The van der Waals surface area contributed by atoms with E-state index in [1.54, 1.807) is 0 Å². The van der Waals surface area contributed by atoms with Crippen LogP contribution in [0, 0.1) is 11.6 Å². The van der Waals surface area contributed by atoms with Crippen molar-refractivity contribution >= 4 is 5.83 Å². The Morgan fingerprint density at radius 2 is 1.67 bits per heavy atom. The number of hydrogen-bond acceptors (Lipinski definition) is 1. The molecule has 0 aromatic heterocycles. The molecule has 0 aliphatic carbocycles. The molecule has 0 unspecified atom stereocenters. The van der Waals surface area contributed by atoms with Gasteiger partial charge in [0.2, 0.25) is 0 Å². The number of hydrogen-bond donors (Lipinski definition) is 1. The Hall–Kier alpha value is -1.45. The van der Waals surface area contributed by atoms with Crippen LogP contribution in [0.1, 0.15) is 5.56 Å². The van der Waals surface area contributed by atoms with Crippen molar-refractivity contribution in [1.29, 1.82) is 0 Å². The van der Waals surface area contributed by atoms with Crippen LogP contribution in [0.3, 0.4) is 0 Å². The summed E-state index contributed by atoms with van der Waals surface area (Å²) in [6.45, 7) is 2.75. The molecule has 0 bridgehead atoms. The van der Waals surface area contributed by atoms with Crippen LogP contribution in [-0.2, 0) is 0 Å². The first-order chi connectivity index (χ1) is 5.52. The van der Waals surface area contributed by atoms with Gasteiger partial charge in [-0.05, 0) is 0 Å². The van der Waals surface area contributed by atoms with Gasteiger partial charge in [0.05, 0.1) is 5.56 Å². The summed E-state index contributed by atoms with van der Waals surface area (Å²) < 4.78 is 37.7. The topological polar surface area (TPSA) is 20.2 Å². The van der Waals surface area contributed by atoms with Gasteiger partial charge in [0.1, 0.15) is 23.2 Å². The predicted octanol–water partition coefficient (Wildman–Crippen LogP) is 2.61. The standard InChI is InChI=1S/C8H5F3O/c1-4(9)8-6(10)2-5(12)3-7(8)11/h2-3,12H,1H2. The Morgan fingerprint density at radius 1 is 1.25 bits per heavy atom. The highest BCUT2D eigenvalue weighted by Gasteiger charge is 2.13. The smallest absolute Gasteiger partial charge is 0.139 e. The third-order valence-corrected chi connectivity index (χ3v) is 1.30. The van der Waals surface area contributed by atoms with E-state index < -0.39 is 28.8 Å². The summed E-state index contributed by atoms with van der Waals surface area (Å²) in [5.41, 5.74) is -0.840. The molecule has 1 nitrogen and oxygen atoms in total. The van der Waals surface area contributed by atoms with Crippen molar-refractivity contribution in [3.05, 3.63) is 35.9 Å². The molecule has 0 aliphatic rings. The summed E-state index contributed by atoms with van der Waals surface area (Å²) in [5.74, 6) is -4.12. The van der Waals surface area contributed by atoms with Gasteiger partial charge in [-0.3, -0.25) is 0 Å². The summed E-state index contributed by atoms with van der Waals surface area (Å²) in [5, 5.41) is 8.67. The first-order valence-electron chi connectivity index (χ1n) is 3.05. The van der Waals surface area contributed by atoms with E-state index in [-0.39, 0.29) is 0 Å². The lowest BCUT2D eigenvalue weighted by Gasteiger charge is -2.01. The Kier molecular flexibility index (Phi) is 2.08. The van der Waals surface area contributed by atoms with Gasteiger partial charge in [-0.1, -0.05) is 6.58 Å². The second-order valence-corrected chi connectivity index (χ2v) is 2.19. The minimum Gasteiger partial charge on any atom is -0.508 e. The fraction of sp³-hybridized carbons (Fsp3) is 0. The van der Waals surface area contributed by atoms with Gasteiger partial charge in [-0.2, -0.15) is 0 Å². The maximum Gasteiger partial charge on any atom is 0.139 e. The monoisotopic (exact) mass is 174 g/mol. The Bertz CT molecular complexity index is 310. The zero-order chi connectivity index (χ0) is 9.30. The van der Waals surface area contributed by atoms with Crippen molar-refractivity contribution in [3.8, 4) is 5.75 Å². The predicted molar refractivity (Wildman–Crippen MR) is 38.2 cm³/mol. The second-order valence-electron chi connectivity index (χ2n) is 2.19. The first-order valence-corrected chi connectivity index (χ1v) is 3.05. The molecule has 4 heteroatoms. The number of phenolic OH excluding ortho intramolecular Hbond substituents is 1. The number of rotatable bonds is 1. The van der Waals surface area contributed by atoms with Crippen LogP contribution in [0.4, 0.5) is 13.2 Å². The van der Waals surface area contributed by atoms with E-state index in [2.05, 4.69) is 6.58 Å². The van der Waals surface area contributed by atoms with E-state index in [4.69, 9.17) is 5.11 Å². The first kappa shape index (κ1) is 8.64. The van der Waals surface area contributed by atoms with Crippen LogP contribution >= 0.6 is 0 Å². The van der Waals surface area contributed by atoms with Crippen LogP contribution in [0.2, 0.25) is 0 Å². The second kappa shape index (κ2) is 2.89. The zero-order valence-corrected chi connectivity index (χ0v) is 5.94. The molecule has 1 N–H and O–H groups in total. The van der Waals surface area contributed by atoms with Crippen molar-refractivity contribution in [1.82, 2.24) is 0 Å². The summed E-state index contributed by atoms with van der Waals surface area (Å²) in [4.78, 5) is 0. The van der Waals surface area contributed by atoms with Crippen molar-refractivity contribution < 1.29 is 18.3 Å². The van der Waals surface area contributed by atoms with Crippen LogP contribution in [0.5, 0.6) is 5.75 Å². The van der Waals surface area contributed by atoms with Crippen molar-refractivity contribution in [2.24, 2.45) is 0 Å². The molecule has 0 atom stereocenters. The molecule has 0 fully saturated rings. The average molecular weight is 174 g/mol. The highest BCUT2D eigenvalue weighted by Crippen LogP contribution is 2.25. The molecule has 0 heterocycles. The highest BCUT2D eigenvalue weighted by molar-refractivity contribution is 5.58. The molecule has 0 saturated heterocycles. The maximum atomic E-state index is 12.7. The van der Waals surface area contributed by atoms with Crippen molar-refractivity contribution in [2.45, 2.75) is 0 Å². The molecule has 0 spiro atoms. The van der Waals surface area contributed by atoms with E-state index >= 15 is 0 Å². The average Bonchev–Trinajstić information content (AvgIpc) is 1.82. The summed E-state index contributed by atoms with van der Waals surface area (Å²) in [6, 6.07) is 1.23. The zero-order valence-electron chi connectivity index (χ0n) is 5.94. The van der Waals surface area contributed by atoms with Gasteiger partial charge in [0.15, 0.2) is 0 Å². The van der Waals surface area contributed by atoms with E-state index in [1.165, 1.54) is 0 Å². The Balaban J connectivity index is 3.38. The van der Waals surface area contributed by atoms with Crippen LogP contribution in [0.25, 0.3) is 5.83 Å². The molecular formula is C8H5F3O. The van der Waals surface area contributed by atoms with Crippen LogP contribution in [0.15, 0.2) is 18.7 Å². The summed E-state index contributed by atoms with van der Waals surface area (Å²) in [7, 11) is 0. The number of aromatic hydroxyl groups is 1. The van der Waals surface area contributed by atoms with Crippen molar-refractivity contribution in [2.75, 3.05) is 0 Å². The molecule has 0 amide bonds. The third-order valence-electron chi connectivity index (χ3n) is 1.30. The van der Waals surface area contributed by atoms with Crippen LogP contribution < -0.4 is 0 Å². The largest absolute Gasteiger partial charge is 0.508 e. The summed E-state index contributed by atoms with van der Waals surface area (Å²) >= 11 is 0. The van der Waals surface area contributed by atoms with Crippen LogP contribution in [-0.4, -0.2) is 5.11 Å². The third kappa shape index (κ3) is 1.42. The molecule has 0 radical (unpaired) electrons. The van der Waals surface area contributed by atoms with Gasteiger partial charge in [0.25, 0.3) is 0 Å². The normalized spacial score (nSPS) is 9.92. The van der Waals surface area contributed by atoms with Gasteiger partial charge >= 0.3 is 0 Å². The van der Waals surface area contributed by atoms with E-state index in [0.717, 1.165) is 0 Å². The molecule has 12 heavy (non-hydrogen) atoms. The van der Waals surface area contributed by atoms with Crippen molar-refractivity contribution in [3.63, 3.8) is 0 Å². The minimum atomic E-state index is -1.20. The molecule has 1 aromatic rings. The lowest BCUT2D eigenvalue weighted by atomic mass is 10.2. The van der Waals surface area contributed by atoms with Gasteiger partial charge in [-0.15, -0.1) is 0 Å². The van der Waals surface area contributed by atoms with E-state index in [9.17, 15) is 13.2 Å². The fourth-order valence-electron chi connectivity index (χ4n) is 0.819. The quantitative estimate of drug-likeness (QED) is 0.693. The number of halogens is 3. The van der Waals surface area contributed by atoms with E-state index in [0.29, 0.717) is 12.1 Å². The van der Waals surface area contributed by atoms with Gasteiger partial charge < -0.3 is 5.11 Å². The van der Waals surface area contributed by atoms with E-state index in [1.807, 2.05) is 0 Å². The molecule has 0 aliphatic heterocycles. The summed E-state index contributed by atoms with van der Waals surface area (Å²) in [6.07, 6.45) is 0. The molecular weight excluding hydrogens is 169 g/mol. The SMILES string of the molecule is C=C(F)c1c(F)cc(O)cc1F. The Labute approximate surface area is 66.8 Å². The molecule has 1 rings (SSSR count). The van der Waals surface area contributed by atoms with Gasteiger partial charge in [-0.25, -0.2) is 13.2 Å². The maximum absolute atomic E-state index is 12.7. The molecule has 64 valence electrons. The Morgan fingerprint density at radius 3 is 2.00 bits per heavy atom. The lowest BCUT2D eigenvalue weighted by molar-refractivity contribution is 0.458. The fourth-order valence-corrected chi connectivity index (χ4v) is 0.819. The number of benzene rings is 1.